The fourth-order valence-electron chi connectivity index (χ4n) is 6.12. The van der Waals surface area contributed by atoms with E-state index in [9.17, 15) is 0 Å². The fourth-order valence-corrected chi connectivity index (χ4v) is 6.12. The van der Waals surface area contributed by atoms with Crippen molar-refractivity contribution in [2.75, 3.05) is 0 Å². The number of hydrogen-bond acceptors (Lipinski definition) is 2. The zero-order chi connectivity index (χ0) is 14.9. The minimum absolute atomic E-state index is 0.0957. The van der Waals surface area contributed by atoms with E-state index in [0.717, 1.165) is 12.2 Å². The van der Waals surface area contributed by atoms with E-state index in [1.165, 1.54) is 37.7 Å². The van der Waals surface area contributed by atoms with Crippen molar-refractivity contribution in [1.29, 1.82) is 0 Å². The van der Waals surface area contributed by atoms with Gasteiger partial charge in [-0.3, -0.25) is 0 Å². The average molecular weight is 285 g/mol. The number of hydrogen-bond donors (Lipinski definition) is 0. The number of aromatic nitrogens is 1. The van der Waals surface area contributed by atoms with Crippen LogP contribution < -0.4 is 0 Å². The Morgan fingerprint density at radius 3 is 2.81 bits per heavy atom. The van der Waals surface area contributed by atoms with Gasteiger partial charge in [-0.25, -0.2) is 0 Å². The SMILES string of the molecule is CC1(C)c2oncc2C[C@]2(C)C3=CCCC[C@]3(C)CC[C@@H]12. The third-order valence-corrected chi connectivity index (χ3v) is 6.96. The zero-order valence-electron chi connectivity index (χ0n) is 13.8. The number of rotatable bonds is 0. The van der Waals surface area contributed by atoms with Crippen LogP contribution in [-0.2, 0) is 11.8 Å². The molecule has 0 spiro atoms. The van der Waals surface area contributed by atoms with Gasteiger partial charge < -0.3 is 4.52 Å². The molecule has 0 bridgehead atoms. The highest BCUT2D eigenvalue weighted by atomic mass is 16.5. The molecule has 1 fully saturated rings. The molecule has 0 radical (unpaired) electrons. The first-order chi connectivity index (χ1) is 9.88. The minimum Gasteiger partial charge on any atom is -0.361 e. The van der Waals surface area contributed by atoms with E-state index in [-0.39, 0.29) is 10.8 Å². The molecule has 0 N–H and O–H groups in total. The van der Waals surface area contributed by atoms with Crippen LogP contribution in [0.15, 0.2) is 22.4 Å². The topological polar surface area (TPSA) is 26.0 Å². The maximum Gasteiger partial charge on any atom is 0.145 e. The van der Waals surface area contributed by atoms with E-state index in [0.29, 0.717) is 11.3 Å². The summed E-state index contributed by atoms with van der Waals surface area (Å²) >= 11 is 0. The lowest BCUT2D eigenvalue weighted by Gasteiger charge is -2.59. The third kappa shape index (κ3) is 1.62. The van der Waals surface area contributed by atoms with Crippen molar-refractivity contribution in [3.05, 3.63) is 29.2 Å². The Bertz CT molecular complexity index is 611. The van der Waals surface area contributed by atoms with Crippen LogP contribution in [0, 0.1) is 16.7 Å². The summed E-state index contributed by atoms with van der Waals surface area (Å²) in [5.41, 5.74) is 3.91. The molecule has 3 aliphatic carbocycles. The van der Waals surface area contributed by atoms with E-state index in [2.05, 4.69) is 38.9 Å². The van der Waals surface area contributed by atoms with Crippen LogP contribution in [-0.4, -0.2) is 5.16 Å². The molecule has 3 aliphatic rings. The summed E-state index contributed by atoms with van der Waals surface area (Å²) in [7, 11) is 0. The zero-order valence-corrected chi connectivity index (χ0v) is 13.8. The highest BCUT2D eigenvalue weighted by molar-refractivity contribution is 5.39. The summed E-state index contributed by atoms with van der Waals surface area (Å²) in [6.07, 6.45) is 12.3. The lowest BCUT2D eigenvalue weighted by atomic mass is 9.44. The standard InChI is InChI=1S/C19H27NO/c1-17(2)14-8-10-18(3)9-6-5-7-15(18)19(14,4)11-13-12-20-21-16(13)17/h7,12,14H,5-6,8-11H2,1-4H3/t14-,18+,19-/m0/s1. The third-order valence-electron chi connectivity index (χ3n) is 6.96. The highest BCUT2D eigenvalue weighted by Gasteiger charge is 2.58. The summed E-state index contributed by atoms with van der Waals surface area (Å²) < 4.78 is 5.66. The molecule has 2 nitrogen and oxygen atoms in total. The first-order valence-electron chi connectivity index (χ1n) is 8.53. The summed E-state index contributed by atoms with van der Waals surface area (Å²) in [4.78, 5) is 0. The van der Waals surface area contributed by atoms with E-state index in [4.69, 9.17) is 4.52 Å². The summed E-state index contributed by atoms with van der Waals surface area (Å²) in [5.74, 6) is 1.81. The maximum absolute atomic E-state index is 5.66. The van der Waals surface area contributed by atoms with Crippen molar-refractivity contribution in [2.24, 2.45) is 16.7 Å². The van der Waals surface area contributed by atoms with Crippen molar-refractivity contribution in [2.45, 2.75) is 71.6 Å². The first-order valence-corrected chi connectivity index (χ1v) is 8.53. The van der Waals surface area contributed by atoms with Gasteiger partial charge in [-0.05, 0) is 55.3 Å². The van der Waals surface area contributed by atoms with Gasteiger partial charge in [0.15, 0.2) is 0 Å². The van der Waals surface area contributed by atoms with Crippen molar-refractivity contribution >= 4 is 0 Å². The molecule has 114 valence electrons. The normalized spacial score (nSPS) is 40.8. The van der Waals surface area contributed by atoms with Crippen LogP contribution in [0.3, 0.4) is 0 Å². The molecule has 4 rings (SSSR count). The van der Waals surface area contributed by atoms with Crippen molar-refractivity contribution in [3.63, 3.8) is 0 Å². The molecule has 3 atom stereocenters. The molecule has 0 unspecified atom stereocenters. The van der Waals surface area contributed by atoms with E-state index in [1.807, 2.05) is 6.20 Å². The molecule has 0 aromatic carbocycles. The van der Waals surface area contributed by atoms with E-state index >= 15 is 0 Å². The summed E-state index contributed by atoms with van der Waals surface area (Å²) in [6, 6.07) is 0. The predicted octanol–water partition coefficient (Wildman–Crippen LogP) is 5.04. The first kappa shape index (κ1) is 13.6. The second kappa shape index (κ2) is 4.02. The Labute approximate surface area is 128 Å². The Morgan fingerprint density at radius 1 is 1.19 bits per heavy atom. The Morgan fingerprint density at radius 2 is 2.00 bits per heavy atom. The highest BCUT2D eigenvalue weighted by Crippen LogP contribution is 2.64. The molecular weight excluding hydrogens is 258 g/mol. The van der Waals surface area contributed by atoms with Gasteiger partial charge in [-0.1, -0.05) is 44.5 Å². The van der Waals surface area contributed by atoms with Gasteiger partial charge in [0.1, 0.15) is 5.76 Å². The van der Waals surface area contributed by atoms with Gasteiger partial charge in [0.25, 0.3) is 0 Å². The monoisotopic (exact) mass is 285 g/mol. The average Bonchev–Trinajstić information content (AvgIpc) is 2.86. The van der Waals surface area contributed by atoms with E-state index in [1.54, 1.807) is 5.57 Å². The van der Waals surface area contributed by atoms with Crippen LogP contribution in [0.25, 0.3) is 0 Å². The molecule has 0 aliphatic heterocycles. The van der Waals surface area contributed by atoms with Crippen molar-refractivity contribution < 1.29 is 4.52 Å². The molecule has 1 heterocycles. The van der Waals surface area contributed by atoms with Crippen LogP contribution >= 0.6 is 0 Å². The van der Waals surface area contributed by atoms with Gasteiger partial charge in [0.2, 0.25) is 0 Å². The van der Waals surface area contributed by atoms with Crippen LogP contribution in [0.2, 0.25) is 0 Å². The molecular formula is C19H27NO. The van der Waals surface area contributed by atoms with Gasteiger partial charge in [0, 0.05) is 11.0 Å². The Hall–Kier alpha value is -1.05. The Balaban J connectivity index is 1.89. The quantitative estimate of drug-likeness (QED) is 0.624. The molecule has 2 heteroatoms. The maximum atomic E-state index is 5.66. The molecule has 1 aromatic heterocycles. The van der Waals surface area contributed by atoms with Crippen LogP contribution in [0.1, 0.15) is 71.1 Å². The van der Waals surface area contributed by atoms with Crippen molar-refractivity contribution in [3.8, 4) is 0 Å². The van der Waals surface area contributed by atoms with E-state index < -0.39 is 0 Å². The summed E-state index contributed by atoms with van der Waals surface area (Å²) in [6.45, 7) is 9.76. The fraction of sp³-hybridized carbons (Fsp3) is 0.737. The molecule has 0 amide bonds. The molecule has 1 saturated carbocycles. The minimum atomic E-state index is 0.0957. The predicted molar refractivity (Wildman–Crippen MR) is 84.1 cm³/mol. The molecule has 21 heavy (non-hydrogen) atoms. The van der Waals surface area contributed by atoms with Crippen LogP contribution in [0.4, 0.5) is 0 Å². The lowest BCUT2D eigenvalue weighted by molar-refractivity contribution is 0.0226. The molecule has 0 saturated heterocycles. The smallest absolute Gasteiger partial charge is 0.145 e. The van der Waals surface area contributed by atoms with Gasteiger partial charge >= 0.3 is 0 Å². The van der Waals surface area contributed by atoms with Crippen molar-refractivity contribution in [1.82, 2.24) is 5.16 Å². The second-order valence-electron chi connectivity index (χ2n) is 8.66. The molecule has 1 aromatic rings. The van der Waals surface area contributed by atoms with Gasteiger partial charge in [-0.15, -0.1) is 0 Å². The number of nitrogens with zero attached hydrogens (tertiary/aromatic N) is 1. The second-order valence-corrected chi connectivity index (χ2v) is 8.66. The van der Waals surface area contributed by atoms with Gasteiger partial charge in [-0.2, -0.15) is 0 Å². The summed E-state index contributed by atoms with van der Waals surface area (Å²) in [5, 5.41) is 4.12. The van der Waals surface area contributed by atoms with Crippen LogP contribution in [0.5, 0.6) is 0 Å². The number of fused-ring (bicyclic) bond motifs is 4. The number of allylic oxidation sites excluding steroid dienone is 2. The largest absolute Gasteiger partial charge is 0.361 e. The van der Waals surface area contributed by atoms with Gasteiger partial charge in [0.05, 0.1) is 6.20 Å². The lowest BCUT2D eigenvalue weighted by Crippen LogP contribution is -2.53. The Kier molecular flexibility index (Phi) is 2.61.